The van der Waals surface area contributed by atoms with Crippen LogP contribution in [0.4, 0.5) is 0 Å². The highest BCUT2D eigenvalue weighted by Gasteiger charge is 2.26. The highest BCUT2D eigenvalue weighted by atomic mass is 16.5. The predicted molar refractivity (Wildman–Crippen MR) is 179 cm³/mol. The molecule has 0 bridgehead atoms. The summed E-state index contributed by atoms with van der Waals surface area (Å²) in [7, 11) is 9.53. The van der Waals surface area contributed by atoms with Gasteiger partial charge in [-0.1, -0.05) is 6.07 Å². The molecular weight excluding hydrogens is 600 g/mol. The molecule has 1 fully saturated rings. The van der Waals surface area contributed by atoms with E-state index in [2.05, 4.69) is 21.3 Å². The molecule has 0 radical (unpaired) electrons. The molecule has 11 heteroatoms. The topological polar surface area (TPSA) is 114 Å². The minimum absolute atomic E-state index is 0.0499. The Balaban J connectivity index is 1.20. The zero-order valence-corrected chi connectivity index (χ0v) is 27.8. The quantitative estimate of drug-likeness (QED) is 0.204. The fraction of sp³-hybridized carbons (Fsp3) is 0.361. The fourth-order valence-corrected chi connectivity index (χ4v) is 5.94. The Morgan fingerprint density at radius 2 is 1.32 bits per heavy atom. The number of hydrogen-bond acceptors (Lipinski definition) is 10. The SMILES string of the molecule is COc1cc(-c2cc(CNC(=O)C3CCN(Cc4cccnc4-c4cc(OC)c(OC)c(OC)c4)CC3)ccn2)cc(OC)c1OC. The molecule has 3 heterocycles. The second kappa shape index (κ2) is 15.5. The maximum Gasteiger partial charge on any atom is 0.223 e. The number of carbonyl (C=O) groups excluding carboxylic acids is 1. The van der Waals surface area contributed by atoms with Crippen molar-refractivity contribution < 1.29 is 33.2 Å². The third-order valence-corrected chi connectivity index (χ3v) is 8.43. The van der Waals surface area contributed by atoms with E-state index in [1.807, 2.05) is 42.5 Å². The van der Waals surface area contributed by atoms with Crippen molar-refractivity contribution in [3.05, 3.63) is 72.1 Å². The predicted octanol–water partition coefficient (Wildman–Crippen LogP) is 5.39. The Morgan fingerprint density at radius 3 is 1.87 bits per heavy atom. The van der Waals surface area contributed by atoms with Crippen LogP contribution in [-0.4, -0.2) is 76.5 Å². The molecule has 47 heavy (non-hydrogen) atoms. The second-order valence-electron chi connectivity index (χ2n) is 11.2. The van der Waals surface area contributed by atoms with Gasteiger partial charge in [-0.25, -0.2) is 0 Å². The average molecular weight is 643 g/mol. The van der Waals surface area contributed by atoms with Crippen LogP contribution in [0, 0.1) is 5.92 Å². The average Bonchev–Trinajstić information content (AvgIpc) is 3.13. The third-order valence-electron chi connectivity index (χ3n) is 8.43. The third kappa shape index (κ3) is 7.52. The Labute approximate surface area is 275 Å². The zero-order valence-electron chi connectivity index (χ0n) is 27.8. The number of amides is 1. The summed E-state index contributed by atoms with van der Waals surface area (Å²) in [6.07, 6.45) is 5.08. The van der Waals surface area contributed by atoms with E-state index >= 15 is 0 Å². The molecule has 1 aliphatic heterocycles. The first-order valence-electron chi connectivity index (χ1n) is 15.4. The van der Waals surface area contributed by atoms with Gasteiger partial charge in [-0.15, -0.1) is 0 Å². The first kappa shape index (κ1) is 33.3. The first-order valence-corrected chi connectivity index (χ1v) is 15.4. The number of ether oxygens (including phenoxy) is 6. The van der Waals surface area contributed by atoms with E-state index in [-0.39, 0.29) is 11.8 Å². The van der Waals surface area contributed by atoms with Gasteiger partial charge in [0.25, 0.3) is 0 Å². The minimum Gasteiger partial charge on any atom is -0.493 e. The van der Waals surface area contributed by atoms with Gasteiger partial charge < -0.3 is 33.7 Å². The lowest BCUT2D eigenvalue weighted by atomic mass is 9.95. The summed E-state index contributed by atoms with van der Waals surface area (Å²) in [6, 6.07) is 15.5. The van der Waals surface area contributed by atoms with Crippen molar-refractivity contribution >= 4 is 5.91 Å². The molecule has 2 aromatic carbocycles. The molecule has 248 valence electrons. The molecule has 1 aliphatic rings. The number of methoxy groups -OCH3 is 6. The number of aromatic nitrogens is 2. The van der Waals surface area contributed by atoms with Crippen LogP contribution in [-0.2, 0) is 17.9 Å². The van der Waals surface area contributed by atoms with E-state index < -0.39 is 0 Å². The number of nitrogens with zero attached hydrogens (tertiary/aromatic N) is 3. The summed E-state index contributed by atoms with van der Waals surface area (Å²) in [5.74, 6) is 3.34. The van der Waals surface area contributed by atoms with Crippen molar-refractivity contribution in [3.63, 3.8) is 0 Å². The maximum absolute atomic E-state index is 13.2. The van der Waals surface area contributed by atoms with E-state index in [1.165, 1.54) is 0 Å². The summed E-state index contributed by atoms with van der Waals surface area (Å²) in [5, 5.41) is 3.14. The standard InChI is InChI=1S/C36H42N4O7/c1-42-29-17-26(18-30(43-2)34(29)46-5)28-16-23(9-13-37-28)21-39-36(41)24-10-14-40(15-11-24)22-25-8-7-12-38-33(25)27-19-31(44-3)35(47-6)32(20-27)45-4/h7-9,12-13,16-20,24H,10-11,14-15,21-22H2,1-6H3,(H,39,41). The molecule has 1 amide bonds. The van der Waals surface area contributed by atoms with Crippen LogP contribution < -0.4 is 33.7 Å². The zero-order chi connectivity index (χ0) is 33.3. The van der Waals surface area contributed by atoms with Crippen molar-refractivity contribution in [2.45, 2.75) is 25.9 Å². The number of piperidine rings is 1. The Kier molecular flexibility index (Phi) is 11.0. The number of hydrogen-bond donors (Lipinski definition) is 1. The van der Waals surface area contributed by atoms with E-state index in [1.54, 1.807) is 55.1 Å². The molecule has 2 aromatic heterocycles. The highest BCUT2D eigenvalue weighted by Crippen LogP contribution is 2.42. The molecule has 0 aliphatic carbocycles. The van der Waals surface area contributed by atoms with Gasteiger partial charge in [0.1, 0.15) is 0 Å². The summed E-state index contributed by atoms with van der Waals surface area (Å²) < 4.78 is 33.1. The Hall–Kier alpha value is -5.03. The lowest BCUT2D eigenvalue weighted by Crippen LogP contribution is -2.40. The number of likely N-dealkylation sites (tertiary alicyclic amines) is 1. The van der Waals surface area contributed by atoms with Gasteiger partial charge >= 0.3 is 0 Å². The van der Waals surface area contributed by atoms with Crippen LogP contribution in [0.2, 0.25) is 0 Å². The van der Waals surface area contributed by atoms with Crippen molar-refractivity contribution in [3.8, 4) is 57.0 Å². The van der Waals surface area contributed by atoms with Gasteiger partial charge in [-0.05, 0) is 79.5 Å². The van der Waals surface area contributed by atoms with Gasteiger partial charge in [0.05, 0.1) is 54.0 Å². The maximum atomic E-state index is 13.2. The van der Waals surface area contributed by atoms with Crippen LogP contribution in [0.5, 0.6) is 34.5 Å². The van der Waals surface area contributed by atoms with E-state index in [0.717, 1.165) is 66.1 Å². The fourth-order valence-electron chi connectivity index (χ4n) is 5.94. The number of pyridine rings is 2. The molecular formula is C36H42N4O7. The minimum atomic E-state index is -0.0499. The second-order valence-corrected chi connectivity index (χ2v) is 11.2. The van der Waals surface area contributed by atoms with Gasteiger partial charge in [0, 0.05) is 42.5 Å². The Bertz CT molecular complexity index is 1640. The normalized spacial score (nSPS) is 13.5. The molecule has 0 atom stereocenters. The molecule has 0 spiro atoms. The van der Waals surface area contributed by atoms with Crippen molar-refractivity contribution in [2.75, 3.05) is 55.7 Å². The molecule has 1 saturated heterocycles. The van der Waals surface area contributed by atoms with Gasteiger partial charge in [-0.3, -0.25) is 19.7 Å². The summed E-state index contributed by atoms with van der Waals surface area (Å²) in [6.45, 7) is 2.74. The van der Waals surface area contributed by atoms with Crippen LogP contribution >= 0.6 is 0 Å². The monoisotopic (exact) mass is 642 g/mol. The summed E-state index contributed by atoms with van der Waals surface area (Å²) >= 11 is 0. The van der Waals surface area contributed by atoms with Gasteiger partial charge in [-0.2, -0.15) is 0 Å². The molecule has 0 saturated carbocycles. The van der Waals surface area contributed by atoms with Crippen LogP contribution in [0.15, 0.2) is 60.9 Å². The Morgan fingerprint density at radius 1 is 0.745 bits per heavy atom. The number of carbonyl (C=O) groups is 1. The number of benzene rings is 2. The van der Waals surface area contributed by atoms with Crippen molar-refractivity contribution in [1.29, 1.82) is 0 Å². The molecule has 4 aromatic rings. The molecule has 0 unspecified atom stereocenters. The van der Waals surface area contributed by atoms with E-state index in [9.17, 15) is 4.79 Å². The molecule has 1 N–H and O–H groups in total. The molecule has 11 nitrogen and oxygen atoms in total. The highest BCUT2D eigenvalue weighted by molar-refractivity contribution is 5.79. The number of rotatable bonds is 13. The van der Waals surface area contributed by atoms with Crippen LogP contribution in [0.3, 0.4) is 0 Å². The van der Waals surface area contributed by atoms with Gasteiger partial charge in [0.2, 0.25) is 17.4 Å². The smallest absolute Gasteiger partial charge is 0.223 e. The van der Waals surface area contributed by atoms with E-state index in [0.29, 0.717) is 41.0 Å². The van der Waals surface area contributed by atoms with Crippen molar-refractivity contribution in [2.24, 2.45) is 5.92 Å². The molecule has 5 rings (SSSR count). The largest absolute Gasteiger partial charge is 0.493 e. The number of nitrogens with one attached hydrogen (secondary N) is 1. The van der Waals surface area contributed by atoms with Crippen LogP contribution in [0.25, 0.3) is 22.5 Å². The lowest BCUT2D eigenvalue weighted by molar-refractivity contribution is -0.126. The lowest BCUT2D eigenvalue weighted by Gasteiger charge is -2.31. The van der Waals surface area contributed by atoms with E-state index in [4.69, 9.17) is 33.4 Å². The first-order chi connectivity index (χ1) is 22.9. The van der Waals surface area contributed by atoms with Crippen LogP contribution in [0.1, 0.15) is 24.0 Å². The van der Waals surface area contributed by atoms with Gasteiger partial charge in [0.15, 0.2) is 23.0 Å². The van der Waals surface area contributed by atoms with Crippen molar-refractivity contribution in [1.82, 2.24) is 20.2 Å². The summed E-state index contributed by atoms with van der Waals surface area (Å²) in [4.78, 5) is 24.8. The summed E-state index contributed by atoms with van der Waals surface area (Å²) in [5.41, 5.74) is 5.34.